The monoisotopic (exact) mass is 1110 g/mol. The quantitative estimate of drug-likeness (QED) is 0.0208. The van der Waals surface area contributed by atoms with E-state index in [-0.39, 0.29) is 6.04 Å². The van der Waals surface area contributed by atoms with Gasteiger partial charge in [0.15, 0.2) is 0 Å². The molecule has 3 heterocycles. The molecule has 0 saturated carbocycles. The molecule has 424 valence electrons. The molecule has 0 bridgehead atoms. The topological polar surface area (TPSA) is 137 Å². The van der Waals surface area contributed by atoms with Gasteiger partial charge in [-0.1, -0.05) is 86.7 Å². The molecule has 8 aromatic carbocycles. The molecule has 0 radical (unpaired) electrons. The van der Waals surface area contributed by atoms with Crippen molar-refractivity contribution in [1.82, 2.24) is 15.3 Å². The maximum atomic E-state index is 6.47. The molecule has 1 atom stereocenters. The molecular formula is C73H79N11+2. The van der Waals surface area contributed by atoms with Gasteiger partial charge in [0.05, 0.1) is 23.1 Å². The summed E-state index contributed by atoms with van der Waals surface area (Å²) in [6.45, 7) is 15.7. The number of fused-ring (bicyclic) bond motifs is 6. The first kappa shape index (κ1) is 55.4. The summed E-state index contributed by atoms with van der Waals surface area (Å²) in [5, 5.41) is 11.5. The molecule has 84 heavy (non-hydrogen) atoms. The van der Waals surface area contributed by atoms with Gasteiger partial charge in [0.2, 0.25) is 33.4 Å². The van der Waals surface area contributed by atoms with Crippen LogP contribution in [0.3, 0.4) is 0 Å². The second kappa shape index (κ2) is 24.4. The zero-order chi connectivity index (χ0) is 57.8. The van der Waals surface area contributed by atoms with Gasteiger partial charge in [0, 0.05) is 102 Å². The van der Waals surface area contributed by atoms with E-state index >= 15 is 0 Å². The number of hydrogen-bond acceptors (Lipinski definition) is 9. The Bertz CT molecular complexity index is 4190. The molecule has 11 heteroatoms. The minimum atomic E-state index is -0.0313. The summed E-state index contributed by atoms with van der Waals surface area (Å²) >= 11 is 0. The number of nitrogens with zero attached hydrogens (tertiary/aromatic N) is 6. The lowest BCUT2D eigenvalue weighted by Crippen LogP contribution is -2.41. The molecule has 0 fully saturated rings. The highest BCUT2D eigenvalue weighted by molar-refractivity contribution is 6.11. The van der Waals surface area contributed by atoms with Crippen molar-refractivity contribution in [2.24, 2.45) is 4.99 Å². The van der Waals surface area contributed by atoms with Crippen LogP contribution in [0.15, 0.2) is 180 Å². The van der Waals surface area contributed by atoms with Crippen LogP contribution in [0.2, 0.25) is 0 Å². The van der Waals surface area contributed by atoms with Crippen LogP contribution in [0.25, 0.3) is 55.5 Å². The molecule has 0 spiro atoms. The maximum absolute atomic E-state index is 6.47. The van der Waals surface area contributed by atoms with Gasteiger partial charge < -0.3 is 32.3 Å². The van der Waals surface area contributed by atoms with E-state index in [0.29, 0.717) is 0 Å². The van der Waals surface area contributed by atoms with E-state index in [0.717, 1.165) is 177 Å². The molecular weight excluding hydrogens is 1030 g/mol. The zero-order valence-electron chi connectivity index (χ0n) is 49.7. The average Bonchev–Trinajstić information content (AvgIpc) is 2.48. The van der Waals surface area contributed by atoms with Crippen LogP contribution in [-0.2, 0) is 6.42 Å². The van der Waals surface area contributed by atoms with E-state index in [1.165, 1.54) is 52.8 Å². The molecule has 0 saturated heterocycles. The summed E-state index contributed by atoms with van der Waals surface area (Å²) in [6.07, 6.45) is 16.1. The zero-order valence-corrected chi connectivity index (χ0v) is 49.7. The highest BCUT2D eigenvalue weighted by atomic mass is 15.2. The van der Waals surface area contributed by atoms with Gasteiger partial charge >= 0.3 is 0 Å². The van der Waals surface area contributed by atoms with Crippen molar-refractivity contribution in [1.29, 1.82) is 0 Å². The Morgan fingerprint density at radius 1 is 0.464 bits per heavy atom. The molecule has 7 N–H and O–H groups in total. The van der Waals surface area contributed by atoms with Gasteiger partial charge in [0.25, 0.3) is 0 Å². The van der Waals surface area contributed by atoms with Crippen molar-refractivity contribution in [3.8, 4) is 11.4 Å². The Kier molecular flexibility index (Phi) is 16.1. The molecule has 1 unspecified atom stereocenters. The van der Waals surface area contributed by atoms with Gasteiger partial charge in [-0.3, -0.25) is 0 Å². The Morgan fingerprint density at radius 3 is 1.51 bits per heavy atom. The number of para-hydroxylation sites is 3. The lowest BCUT2D eigenvalue weighted by molar-refractivity contribution is -0.538. The summed E-state index contributed by atoms with van der Waals surface area (Å²) in [5.74, 6) is 0. The summed E-state index contributed by atoms with van der Waals surface area (Å²) < 4.78 is 4.62. The first-order valence-corrected chi connectivity index (χ1v) is 30.4. The van der Waals surface area contributed by atoms with Crippen LogP contribution in [0.5, 0.6) is 0 Å². The number of hydrogen-bond donors (Lipinski definition) is 5. The first-order valence-electron chi connectivity index (χ1n) is 30.4. The lowest BCUT2D eigenvalue weighted by atomic mass is 9.93. The van der Waals surface area contributed by atoms with E-state index in [1.54, 1.807) is 0 Å². The Labute approximate surface area is 494 Å². The van der Waals surface area contributed by atoms with Crippen LogP contribution < -0.4 is 41.5 Å². The van der Waals surface area contributed by atoms with Crippen LogP contribution in [-0.4, -0.2) is 41.4 Å². The fraction of sp³-hybridized carbons (Fsp3) is 0.274. The number of unbranched alkanes of at least 4 members (excludes halogenated alkanes) is 7. The Hall–Kier alpha value is -9.09. The van der Waals surface area contributed by atoms with E-state index in [2.05, 4.69) is 228 Å². The van der Waals surface area contributed by atoms with Gasteiger partial charge in [-0.25, -0.2) is 15.0 Å². The van der Waals surface area contributed by atoms with Crippen LogP contribution in [0, 0.1) is 34.6 Å². The molecule has 12 rings (SSSR count). The highest BCUT2D eigenvalue weighted by Gasteiger charge is 2.33. The maximum Gasteiger partial charge on any atom is 0.239 e. The number of anilines is 6. The van der Waals surface area contributed by atoms with Crippen LogP contribution in [0.1, 0.15) is 98.1 Å². The largest absolute Gasteiger partial charge is 0.398 e. The van der Waals surface area contributed by atoms with Gasteiger partial charge in [-0.15, -0.1) is 9.13 Å². The third-order valence-corrected chi connectivity index (χ3v) is 17.2. The number of nitrogens with two attached hydrogens (primary N) is 2. The molecule has 1 aliphatic carbocycles. The van der Waals surface area contributed by atoms with E-state index in [9.17, 15) is 0 Å². The number of allylic oxidation sites excluding steroid dienone is 1. The average molecular weight is 1110 g/mol. The minimum Gasteiger partial charge on any atom is -0.398 e. The second-order valence-electron chi connectivity index (χ2n) is 23.3. The number of benzene rings is 8. The molecule has 0 amide bonds. The van der Waals surface area contributed by atoms with Crippen molar-refractivity contribution in [3.63, 3.8) is 0 Å². The third kappa shape index (κ3) is 11.5. The lowest BCUT2D eigenvalue weighted by Gasteiger charge is -2.39. The molecule has 1 aliphatic heterocycles. The van der Waals surface area contributed by atoms with Crippen LogP contribution in [0.4, 0.5) is 39.8 Å². The van der Waals surface area contributed by atoms with E-state index in [1.807, 2.05) is 6.92 Å². The predicted molar refractivity (Wildman–Crippen MR) is 352 cm³/mol. The summed E-state index contributed by atoms with van der Waals surface area (Å²) in [5.41, 5.74) is 41.0. The van der Waals surface area contributed by atoms with Crippen molar-refractivity contribution < 1.29 is 9.13 Å². The summed E-state index contributed by atoms with van der Waals surface area (Å²) in [7, 11) is 0. The number of nitrogens with one attached hydrogen (secondary N) is 3. The smallest absolute Gasteiger partial charge is 0.239 e. The van der Waals surface area contributed by atoms with Crippen molar-refractivity contribution in [2.75, 3.05) is 46.6 Å². The molecule has 2 aliphatic rings. The van der Waals surface area contributed by atoms with Crippen molar-refractivity contribution >= 4 is 89.7 Å². The van der Waals surface area contributed by atoms with Crippen molar-refractivity contribution in [2.45, 2.75) is 112 Å². The van der Waals surface area contributed by atoms with E-state index in [4.69, 9.17) is 26.4 Å². The van der Waals surface area contributed by atoms with Gasteiger partial charge in [0.1, 0.15) is 22.1 Å². The minimum absolute atomic E-state index is 0.0313. The Balaban J connectivity index is 0.641. The number of aliphatic imine (C=N–C) groups is 1. The predicted octanol–water partition coefficient (Wildman–Crippen LogP) is 15.7. The fourth-order valence-electron chi connectivity index (χ4n) is 12.4. The number of nitrogen functional groups attached to an aromatic ring is 2. The number of aromatic nitrogens is 4. The normalized spacial score (nSPS) is 13.9. The summed E-state index contributed by atoms with van der Waals surface area (Å²) in [4.78, 5) is 18.1. The van der Waals surface area contributed by atoms with Crippen LogP contribution >= 0.6 is 0 Å². The van der Waals surface area contributed by atoms with Gasteiger partial charge in [-0.2, -0.15) is 0 Å². The number of rotatable bonds is 21. The van der Waals surface area contributed by atoms with Gasteiger partial charge in [-0.05, 0) is 173 Å². The van der Waals surface area contributed by atoms with E-state index < -0.39 is 0 Å². The molecule has 10 aromatic rings. The standard InChI is InChI=1S/C73H77N11/c1-47-35-62-68(82(54-26-16-12-17-27-54)69-42-57(74)48(2)36-63(69)79-62)41-53(47)25-15-8-7-9-22-32-76-60-45-72-66(39-51(60)5)81-67-40-52(6)61(46-73(67)84(72)56-30-20-14-21-31-56)78-34-24-11-10-23-33-77-59-44-71-65(38-50(59)4)80-64-37-49(3)58(75)43-70(64)83(71)55-28-18-13-19-29-55/h12-14,16-21,26-31,35-46,72,74,76,78H,7-11,15,22-25,32-34H2,1-6H3,(H2,75,77)/p+2. The van der Waals surface area contributed by atoms with Crippen molar-refractivity contribution in [3.05, 3.63) is 208 Å². The summed E-state index contributed by atoms with van der Waals surface area (Å²) in [6, 6.07) is 53.9. The molecule has 2 aromatic heterocycles. The molecule has 11 nitrogen and oxygen atoms in total. The fourth-order valence-corrected chi connectivity index (χ4v) is 12.4. The second-order valence-corrected chi connectivity index (χ2v) is 23.3. The third-order valence-electron chi connectivity index (χ3n) is 17.2. The highest BCUT2D eigenvalue weighted by Crippen LogP contribution is 2.44. The Morgan fingerprint density at radius 2 is 0.929 bits per heavy atom. The first-order chi connectivity index (χ1) is 40.9. The SMILES string of the molecule is CC1=CC2=Nc3cc(C)c(NCCCCCCNc4cc5c(cc4C)nc4cc(C)c(N)cc4[n+]5-c4ccccc4)cc3N(c3ccccc3)C2C=C1NCCCCCCCc1cc2c(cc1C)nc1cc(C)c(N)cc1[n+]2-c1ccccc1. The number of aryl methyl sites for hydroxylation is 6.